The van der Waals surface area contributed by atoms with Gasteiger partial charge in [0.05, 0.1) is 16.8 Å². The SMILES string of the molecule is c1ccc(-c2nc(-c3ccc(-c4cccc5c4-c4ccccc4C5(c4ccccc4)c4ccccc4)cc3)cc(-c3cccc(-c4cccc5c4sc4ccccc45)c3)n2)cc1. The lowest BCUT2D eigenvalue weighted by Gasteiger charge is -2.34. The second-order valence-corrected chi connectivity index (χ2v) is 17.1. The van der Waals surface area contributed by atoms with Crippen LogP contribution < -0.4 is 0 Å². The van der Waals surface area contributed by atoms with Crippen LogP contribution in [0.1, 0.15) is 22.3 Å². The minimum atomic E-state index is -0.447. The van der Waals surface area contributed by atoms with E-state index in [1.165, 1.54) is 70.2 Å². The van der Waals surface area contributed by atoms with Gasteiger partial charge in [0.25, 0.3) is 0 Å². The lowest BCUT2D eigenvalue weighted by Crippen LogP contribution is -2.28. The lowest BCUT2D eigenvalue weighted by molar-refractivity contribution is 0.768. The van der Waals surface area contributed by atoms with Crippen LogP contribution in [-0.2, 0) is 5.41 Å². The van der Waals surface area contributed by atoms with Crippen LogP contribution >= 0.6 is 11.3 Å². The van der Waals surface area contributed by atoms with Gasteiger partial charge in [0, 0.05) is 36.9 Å². The van der Waals surface area contributed by atoms with Gasteiger partial charge in [-0.3, -0.25) is 0 Å². The average molecular weight is 807 g/mol. The molecule has 0 fully saturated rings. The number of rotatable bonds is 7. The number of nitrogens with zero attached hydrogens (tertiary/aromatic N) is 2. The summed E-state index contributed by atoms with van der Waals surface area (Å²) < 4.78 is 2.61. The summed E-state index contributed by atoms with van der Waals surface area (Å²) >= 11 is 1.86. The molecular weight excluding hydrogens is 769 g/mol. The van der Waals surface area contributed by atoms with Crippen LogP contribution in [0.2, 0.25) is 0 Å². The molecule has 0 amide bonds. The Morgan fingerprint density at radius 1 is 0.339 bits per heavy atom. The third-order valence-electron chi connectivity index (χ3n) is 12.6. The highest BCUT2D eigenvalue weighted by Gasteiger charge is 2.46. The molecule has 0 radical (unpaired) electrons. The molecule has 290 valence electrons. The number of aromatic nitrogens is 2. The van der Waals surface area contributed by atoms with E-state index in [4.69, 9.17) is 9.97 Å². The first-order valence-electron chi connectivity index (χ1n) is 21.1. The van der Waals surface area contributed by atoms with E-state index in [0.29, 0.717) is 5.82 Å². The van der Waals surface area contributed by atoms with E-state index in [1.807, 2.05) is 29.5 Å². The molecule has 3 heteroatoms. The Hall–Kier alpha value is -7.72. The Morgan fingerprint density at radius 2 is 0.871 bits per heavy atom. The van der Waals surface area contributed by atoms with Gasteiger partial charge in [-0.25, -0.2) is 9.97 Å². The molecule has 0 bridgehead atoms. The summed E-state index contributed by atoms with van der Waals surface area (Å²) in [5, 5.41) is 2.60. The molecule has 0 spiro atoms. The first-order valence-corrected chi connectivity index (χ1v) is 22.0. The van der Waals surface area contributed by atoms with Crippen molar-refractivity contribution in [2.45, 2.75) is 5.41 Å². The van der Waals surface area contributed by atoms with E-state index in [2.05, 4.69) is 212 Å². The molecule has 0 atom stereocenters. The highest BCUT2D eigenvalue weighted by Crippen LogP contribution is 2.58. The molecule has 11 aromatic rings. The van der Waals surface area contributed by atoms with Crippen LogP contribution in [-0.4, -0.2) is 9.97 Å². The third-order valence-corrected chi connectivity index (χ3v) is 13.8. The smallest absolute Gasteiger partial charge is 0.160 e. The van der Waals surface area contributed by atoms with Gasteiger partial charge in [-0.2, -0.15) is 0 Å². The van der Waals surface area contributed by atoms with Crippen LogP contribution in [0.25, 0.3) is 87.5 Å². The normalized spacial score (nSPS) is 12.6. The molecule has 0 unspecified atom stereocenters. The van der Waals surface area contributed by atoms with Crippen LogP contribution in [0, 0.1) is 0 Å². The molecule has 2 aromatic heterocycles. The summed E-state index contributed by atoms with van der Waals surface area (Å²) in [6.45, 7) is 0. The van der Waals surface area contributed by atoms with Crippen LogP contribution in [0.5, 0.6) is 0 Å². The van der Waals surface area contributed by atoms with Crippen molar-refractivity contribution >= 4 is 31.5 Å². The molecule has 12 rings (SSSR count). The van der Waals surface area contributed by atoms with E-state index >= 15 is 0 Å². The molecule has 0 saturated heterocycles. The van der Waals surface area contributed by atoms with Crippen molar-refractivity contribution in [3.63, 3.8) is 0 Å². The van der Waals surface area contributed by atoms with Gasteiger partial charge in [0.2, 0.25) is 0 Å². The van der Waals surface area contributed by atoms with E-state index < -0.39 is 5.41 Å². The van der Waals surface area contributed by atoms with E-state index in [0.717, 1.165) is 33.6 Å². The van der Waals surface area contributed by atoms with Gasteiger partial charge in [0.15, 0.2) is 5.82 Å². The Labute approximate surface area is 365 Å². The van der Waals surface area contributed by atoms with Crippen LogP contribution in [0.15, 0.2) is 231 Å². The second-order valence-electron chi connectivity index (χ2n) is 16.0. The molecule has 2 heterocycles. The lowest BCUT2D eigenvalue weighted by atomic mass is 9.67. The van der Waals surface area contributed by atoms with E-state index in [9.17, 15) is 0 Å². The fourth-order valence-corrected chi connectivity index (χ4v) is 11.1. The van der Waals surface area contributed by atoms with Gasteiger partial charge < -0.3 is 0 Å². The first kappa shape index (κ1) is 36.2. The zero-order valence-electron chi connectivity index (χ0n) is 33.7. The standard InChI is InChI=1S/C59H38N2S/c1-4-17-41(18-5-1)58-60-53(38-54(61-58)43-20-14-19-42(37-43)47-28-15-29-49-48-25-11-13-32-55(48)62-57(47)49)40-35-33-39(34-36-40)46-27-16-31-52-56(46)50-26-10-12-30-51(50)59(52,44-21-6-2-7-22-44)45-23-8-3-9-24-45/h1-38H. The minimum Gasteiger partial charge on any atom is -0.228 e. The average Bonchev–Trinajstić information content (AvgIpc) is 3.89. The molecule has 1 aliphatic carbocycles. The van der Waals surface area contributed by atoms with Crippen molar-refractivity contribution in [3.05, 3.63) is 253 Å². The topological polar surface area (TPSA) is 25.8 Å². The zero-order valence-corrected chi connectivity index (χ0v) is 34.6. The van der Waals surface area contributed by atoms with Gasteiger partial charge in [-0.15, -0.1) is 11.3 Å². The minimum absolute atomic E-state index is 0.447. The molecule has 0 N–H and O–H groups in total. The Balaban J connectivity index is 0.975. The third kappa shape index (κ3) is 5.78. The second kappa shape index (κ2) is 14.8. The van der Waals surface area contributed by atoms with Gasteiger partial charge >= 0.3 is 0 Å². The summed E-state index contributed by atoms with van der Waals surface area (Å²) in [7, 11) is 0. The summed E-state index contributed by atoms with van der Waals surface area (Å²) in [5.41, 5.74) is 16.9. The monoisotopic (exact) mass is 806 g/mol. The van der Waals surface area contributed by atoms with E-state index in [-0.39, 0.29) is 0 Å². The Morgan fingerprint density at radius 3 is 1.65 bits per heavy atom. The van der Waals surface area contributed by atoms with Gasteiger partial charge in [0.1, 0.15) is 0 Å². The van der Waals surface area contributed by atoms with Crippen molar-refractivity contribution in [3.8, 4) is 67.3 Å². The molecule has 0 aliphatic heterocycles. The molecular formula is C59H38N2S. The maximum absolute atomic E-state index is 5.21. The molecule has 2 nitrogen and oxygen atoms in total. The summed E-state index contributed by atoms with van der Waals surface area (Å²) in [4.78, 5) is 10.4. The van der Waals surface area contributed by atoms with Crippen molar-refractivity contribution < 1.29 is 0 Å². The van der Waals surface area contributed by atoms with Crippen molar-refractivity contribution in [2.24, 2.45) is 0 Å². The maximum Gasteiger partial charge on any atom is 0.160 e. The molecule has 1 aliphatic rings. The number of thiophene rings is 1. The predicted octanol–water partition coefficient (Wildman–Crippen LogP) is 15.5. The summed E-state index contributed by atoms with van der Waals surface area (Å²) in [6, 6.07) is 83.3. The van der Waals surface area contributed by atoms with Crippen LogP contribution in [0.3, 0.4) is 0 Å². The fraction of sp³-hybridized carbons (Fsp3) is 0.0169. The van der Waals surface area contributed by atoms with Gasteiger partial charge in [-0.1, -0.05) is 212 Å². The summed E-state index contributed by atoms with van der Waals surface area (Å²) in [6.07, 6.45) is 0. The Kier molecular flexibility index (Phi) is 8.62. The maximum atomic E-state index is 5.21. The van der Waals surface area contributed by atoms with Crippen molar-refractivity contribution in [2.75, 3.05) is 0 Å². The first-order chi connectivity index (χ1) is 30.7. The van der Waals surface area contributed by atoms with Crippen molar-refractivity contribution in [1.82, 2.24) is 9.97 Å². The molecule has 0 saturated carbocycles. The zero-order chi connectivity index (χ0) is 41.0. The predicted molar refractivity (Wildman–Crippen MR) is 259 cm³/mol. The fourth-order valence-electron chi connectivity index (χ4n) is 9.83. The number of benzene rings is 9. The summed E-state index contributed by atoms with van der Waals surface area (Å²) in [5.74, 6) is 0.704. The number of hydrogen-bond acceptors (Lipinski definition) is 3. The Bertz CT molecular complexity index is 3400. The van der Waals surface area contributed by atoms with Gasteiger partial charge in [-0.05, 0) is 73.8 Å². The quantitative estimate of drug-likeness (QED) is 0.160. The van der Waals surface area contributed by atoms with Crippen molar-refractivity contribution in [1.29, 1.82) is 0 Å². The number of fused-ring (bicyclic) bond motifs is 6. The largest absolute Gasteiger partial charge is 0.228 e. The molecule has 9 aromatic carbocycles. The van der Waals surface area contributed by atoms with Crippen LogP contribution in [0.4, 0.5) is 0 Å². The highest BCUT2D eigenvalue weighted by atomic mass is 32.1. The molecule has 62 heavy (non-hydrogen) atoms. The number of hydrogen-bond donors (Lipinski definition) is 0. The highest BCUT2D eigenvalue weighted by molar-refractivity contribution is 7.26. The van der Waals surface area contributed by atoms with E-state index in [1.54, 1.807) is 0 Å².